The van der Waals surface area contributed by atoms with Gasteiger partial charge < -0.3 is 0 Å². The summed E-state index contributed by atoms with van der Waals surface area (Å²) in [5, 5.41) is 0. The first-order valence-corrected chi connectivity index (χ1v) is 11.5. The Morgan fingerprint density at radius 2 is 1.24 bits per heavy atom. The molecule has 0 nitrogen and oxygen atoms in total. The van der Waals surface area contributed by atoms with Gasteiger partial charge in [-0.3, -0.25) is 0 Å². The molecule has 0 aliphatic carbocycles. The molecule has 0 N–H and O–H groups in total. The molecular weight excluding hydrogens is 493 g/mol. The minimum absolute atomic E-state index is 0.130. The summed E-state index contributed by atoms with van der Waals surface area (Å²) < 4.78 is 96.9. The average Bonchev–Trinajstić information content (AvgIpc) is 2.90. The molecule has 4 aromatic rings. The van der Waals surface area contributed by atoms with E-state index in [0.29, 0.717) is 34.2 Å². The summed E-state index contributed by atoms with van der Waals surface area (Å²) in [5.74, 6) is -7.37. The molecule has 0 heterocycles. The van der Waals surface area contributed by atoms with Crippen molar-refractivity contribution >= 4 is 5.83 Å². The fraction of sp³-hybridized carbons (Fsp3) is 0.133. The maximum Gasteiger partial charge on any atom is 0.194 e. The topological polar surface area (TPSA) is 0 Å². The van der Waals surface area contributed by atoms with E-state index in [2.05, 4.69) is 0 Å². The van der Waals surface area contributed by atoms with Gasteiger partial charge in [0.2, 0.25) is 0 Å². The third-order valence-corrected chi connectivity index (χ3v) is 6.08. The highest BCUT2D eigenvalue weighted by atomic mass is 19.2. The van der Waals surface area contributed by atoms with Crippen LogP contribution in [0, 0.1) is 29.1 Å². The van der Waals surface area contributed by atoms with Crippen molar-refractivity contribution in [2.75, 3.05) is 0 Å². The smallest absolute Gasteiger partial charge is 0.194 e. The van der Waals surface area contributed by atoms with Crippen molar-refractivity contribution in [3.05, 3.63) is 124 Å². The van der Waals surface area contributed by atoms with Gasteiger partial charge >= 0.3 is 0 Å². The lowest BCUT2D eigenvalue weighted by Gasteiger charge is -2.10. The van der Waals surface area contributed by atoms with Crippen molar-refractivity contribution in [2.45, 2.75) is 26.2 Å². The lowest BCUT2D eigenvalue weighted by molar-refractivity contribution is 0.448. The molecule has 190 valence electrons. The molecule has 0 amide bonds. The Balaban J connectivity index is 1.47. The van der Waals surface area contributed by atoms with E-state index in [4.69, 9.17) is 0 Å². The molecule has 7 heteroatoms. The molecule has 0 atom stereocenters. The van der Waals surface area contributed by atoms with E-state index in [1.807, 2.05) is 0 Å². The molecule has 0 saturated carbocycles. The summed E-state index contributed by atoms with van der Waals surface area (Å²) in [6.07, 6.45) is 0.414. The number of hydrogen-bond acceptors (Lipinski definition) is 0. The lowest BCUT2D eigenvalue weighted by Crippen LogP contribution is -1.97. The van der Waals surface area contributed by atoms with Crippen molar-refractivity contribution in [1.29, 1.82) is 0 Å². The Hall–Kier alpha value is -3.87. The van der Waals surface area contributed by atoms with Crippen LogP contribution in [0.15, 0.2) is 78.6 Å². The Bertz CT molecular complexity index is 1450. The molecule has 4 aromatic carbocycles. The zero-order valence-corrected chi connectivity index (χ0v) is 19.7. The highest BCUT2D eigenvalue weighted by Crippen LogP contribution is 2.30. The maximum absolute atomic E-state index is 14.9. The van der Waals surface area contributed by atoms with Gasteiger partial charge in [-0.15, -0.1) is 0 Å². The van der Waals surface area contributed by atoms with E-state index in [-0.39, 0.29) is 24.0 Å². The van der Waals surface area contributed by atoms with Crippen LogP contribution < -0.4 is 0 Å². The summed E-state index contributed by atoms with van der Waals surface area (Å²) >= 11 is 0. The van der Waals surface area contributed by atoms with Crippen LogP contribution >= 0.6 is 0 Å². The third-order valence-electron chi connectivity index (χ3n) is 6.08. The van der Waals surface area contributed by atoms with Gasteiger partial charge in [0.05, 0.1) is 0 Å². The number of rotatable bonds is 7. The monoisotopic (exact) mass is 514 g/mol. The average molecular weight is 514 g/mol. The SMILES string of the molecule is CC/C(F)=C(\F)c1ccc(CCc2ccc(-c3ccc(-c4cc(F)c(F)c(F)c4)cc3)c(F)c2)c(F)c1. The first kappa shape index (κ1) is 26.2. The Kier molecular flexibility index (Phi) is 7.81. The zero-order valence-electron chi connectivity index (χ0n) is 19.7. The van der Waals surface area contributed by atoms with Crippen molar-refractivity contribution < 1.29 is 30.7 Å². The number of hydrogen-bond donors (Lipinski definition) is 0. The first-order valence-electron chi connectivity index (χ1n) is 11.5. The van der Waals surface area contributed by atoms with E-state index < -0.39 is 40.7 Å². The molecule has 0 unspecified atom stereocenters. The van der Waals surface area contributed by atoms with Crippen LogP contribution in [-0.2, 0) is 12.8 Å². The summed E-state index contributed by atoms with van der Waals surface area (Å²) in [5.41, 5.74) is 2.13. The minimum atomic E-state index is -1.55. The number of aryl methyl sites for hydroxylation is 2. The van der Waals surface area contributed by atoms with Crippen LogP contribution in [0.3, 0.4) is 0 Å². The molecule has 37 heavy (non-hydrogen) atoms. The van der Waals surface area contributed by atoms with Gasteiger partial charge in [-0.25, -0.2) is 30.7 Å². The summed E-state index contributed by atoms with van der Waals surface area (Å²) in [4.78, 5) is 0. The highest BCUT2D eigenvalue weighted by Gasteiger charge is 2.14. The van der Waals surface area contributed by atoms with E-state index in [1.54, 1.807) is 36.4 Å². The predicted molar refractivity (Wildman–Crippen MR) is 130 cm³/mol. The fourth-order valence-corrected chi connectivity index (χ4v) is 3.99. The Labute approximate surface area is 209 Å². The molecule has 0 bridgehead atoms. The minimum Gasteiger partial charge on any atom is -0.209 e. The zero-order chi connectivity index (χ0) is 26.7. The fourth-order valence-electron chi connectivity index (χ4n) is 3.99. The standard InChI is InChI=1S/C30H21F7/c1-2-24(31)29(36)21-11-10-20(25(32)14-21)5-3-17-4-12-23(26(33)13-17)19-8-6-18(7-9-19)22-15-27(34)30(37)28(35)16-22/h4,6-16H,2-3,5H2,1H3/b29-24+. The maximum atomic E-state index is 14.9. The normalized spacial score (nSPS) is 12.0. The lowest BCUT2D eigenvalue weighted by atomic mass is 9.97. The van der Waals surface area contributed by atoms with Crippen LogP contribution in [0.25, 0.3) is 28.1 Å². The first-order chi connectivity index (χ1) is 17.7. The summed E-state index contributed by atoms with van der Waals surface area (Å²) in [7, 11) is 0. The van der Waals surface area contributed by atoms with Crippen LogP contribution in [0.5, 0.6) is 0 Å². The van der Waals surface area contributed by atoms with E-state index >= 15 is 0 Å². The second kappa shape index (κ2) is 11.0. The second-order valence-corrected chi connectivity index (χ2v) is 8.52. The summed E-state index contributed by atoms with van der Waals surface area (Å²) in [6.45, 7) is 1.46. The summed E-state index contributed by atoms with van der Waals surface area (Å²) in [6, 6.07) is 16.3. The second-order valence-electron chi connectivity index (χ2n) is 8.52. The van der Waals surface area contributed by atoms with Gasteiger partial charge in [-0.2, -0.15) is 0 Å². The quantitative estimate of drug-likeness (QED) is 0.170. The molecule has 0 aliphatic heterocycles. The highest BCUT2D eigenvalue weighted by molar-refractivity contribution is 5.71. The van der Waals surface area contributed by atoms with Gasteiger partial charge in [-0.05, 0) is 71.3 Å². The molecule has 0 fully saturated rings. The molecule has 0 aromatic heterocycles. The van der Waals surface area contributed by atoms with Crippen molar-refractivity contribution in [1.82, 2.24) is 0 Å². The van der Waals surface area contributed by atoms with Crippen LogP contribution in [-0.4, -0.2) is 0 Å². The van der Waals surface area contributed by atoms with Crippen LogP contribution in [0.4, 0.5) is 30.7 Å². The molecule has 0 spiro atoms. The van der Waals surface area contributed by atoms with Gasteiger partial charge in [0.1, 0.15) is 17.5 Å². The number of benzene rings is 4. The van der Waals surface area contributed by atoms with Gasteiger partial charge in [0.25, 0.3) is 0 Å². The van der Waals surface area contributed by atoms with Crippen LogP contribution in [0.1, 0.15) is 30.0 Å². The van der Waals surface area contributed by atoms with Gasteiger partial charge in [-0.1, -0.05) is 55.5 Å². The van der Waals surface area contributed by atoms with Gasteiger partial charge in [0.15, 0.2) is 23.3 Å². The van der Waals surface area contributed by atoms with Crippen molar-refractivity contribution in [2.24, 2.45) is 0 Å². The van der Waals surface area contributed by atoms with Gasteiger partial charge in [0, 0.05) is 11.1 Å². The molecular formula is C30H21F7. The van der Waals surface area contributed by atoms with E-state index in [1.165, 1.54) is 25.1 Å². The molecule has 4 rings (SSSR count). The largest absolute Gasteiger partial charge is 0.209 e. The predicted octanol–water partition coefficient (Wildman–Crippen LogP) is 9.52. The molecule has 0 saturated heterocycles. The Morgan fingerprint density at radius 3 is 1.84 bits per heavy atom. The van der Waals surface area contributed by atoms with Crippen molar-refractivity contribution in [3.8, 4) is 22.3 Å². The number of allylic oxidation sites excluding steroid dienone is 1. The molecule has 0 aliphatic rings. The van der Waals surface area contributed by atoms with E-state index in [0.717, 1.165) is 18.2 Å². The third kappa shape index (κ3) is 5.77. The number of halogens is 7. The Morgan fingerprint density at radius 1 is 0.595 bits per heavy atom. The van der Waals surface area contributed by atoms with Crippen LogP contribution in [0.2, 0.25) is 0 Å². The van der Waals surface area contributed by atoms with E-state index in [9.17, 15) is 30.7 Å². The molecule has 0 radical (unpaired) electrons. The van der Waals surface area contributed by atoms with Crippen molar-refractivity contribution in [3.63, 3.8) is 0 Å².